The van der Waals surface area contributed by atoms with E-state index in [0.717, 1.165) is 18.4 Å². The van der Waals surface area contributed by atoms with E-state index in [1.807, 2.05) is 24.3 Å². The van der Waals surface area contributed by atoms with Gasteiger partial charge in [0.1, 0.15) is 0 Å². The molecule has 0 aromatic heterocycles. The predicted octanol–water partition coefficient (Wildman–Crippen LogP) is 2.67. The molecule has 1 unspecified atom stereocenters. The van der Waals surface area contributed by atoms with Crippen molar-refractivity contribution in [3.05, 3.63) is 34.9 Å². The van der Waals surface area contributed by atoms with Crippen molar-refractivity contribution >= 4 is 17.5 Å². The SMILES string of the molecule is CCCC(CN)C(=O)N(C)Cc1ccccc1Cl. The van der Waals surface area contributed by atoms with Crippen molar-refractivity contribution < 1.29 is 4.79 Å². The predicted molar refractivity (Wildman–Crippen MR) is 75.4 cm³/mol. The molecule has 0 bridgehead atoms. The first kappa shape index (κ1) is 15.0. The second kappa shape index (κ2) is 7.39. The van der Waals surface area contributed by atoms with Gasteiger partial charge in [0.2, 0.25) is 5.91 Å². The molecule has 1 atom stereocenters. The van der Waals surface area contributed by atoms with E-state index in [2.05, 4.69) is 6.92 Å². The van der Waals surface area contributed by atoms with Gasteiger partial charge in [-0.3, -0.25) is 4.79 Å². The van der Waals surface area contributed by atoms with E-state index in [9.17, 15) is 4.79 Å². The summed E-state index contributed by atoms with van der Waals surface area (Å²) < 4.78 is 0. The van der Waals surface area contributed by atoms with E-state index in [4.69, 9.17) is 17.3 Å². The van der Waals surface area contributed by atoms with Crippen LogP contribution in [0.3, 0.4) is 0 Å². The van der Waals surface area contributed by atoms with E-state index in [-0.39, 0.29) is 11.8 Å². The van der Waals surface area contributed by atoms with Gasteiger partial charge in [-0.2, -0.15) is 0 Å². The summed E-state index contributed by atoms with van der Waals surface area (Å²) in [6, 6.07) is 7.57. The number of nitrogens with two attached hydrogens (primary N) is 1. The first-order valence-electron chi connectivity index (χ1n) is 6.28. The maximum absolute atomic E-state index is 12.2. The molecule has 0 aliphatic rings. The van der Waals surface area contributed by atoms with Gasteiger partial charge >= 0.3 is 0 Å². The molecular formula is C14H21ClN2O. The highest BCUT2D eigenvalue weighted by molar-refractivity contribution is 6.31. The van der Waals surface area contributed by atoms with Crippen molar-refractivity contribution in [1.82, 2.24) is 4.90 Å². The summed E-state index contributed by atoms with van der Waals surface area (Å²) in [6.45, 7) is 2.99. The van der Waals surface area contributed by atoms with Gasteiger partial charge in [-0.1, -0.05) is 43.1 Å². The zero-order chi connectivity index (χ0) is 13.5. The Hall–Kier alpha value is -1.06. The summed E-state index contributed by atoms with van der Waals surface area (Å²) in [4.78, 5) is 13.9. The molecule has 0 saturated carbocycles. The molecule has 4 heteroatoms. The van der Waals surface area contributed by atoms with Gasteiger partial charge in [0.25, 0.3) is 0 Å². The molecule has 3 nitrogen and oxygen atoms in total. The Morgan fingerprint density at radius 3 is 2.67 bits per heavy atom. The highest BCUT2D eigenvalue weighted by atomic mass is 35.5. The van der Waals surface area contributed by atoms with Crippen molar-refractivity contribution in [3.8, 4) is 0 Å². The third-order valence-corrected chi connectivity index (χ3v) is 3.38. The van der Waals surface area contributed by atoms with Crippen LogP contribution in [-0.2, 0) is 11.3 Å². The number of hydrogen-bond acceptors (Lipinski definition) is 2. The van der Waals surface area contributed by atoms with E-state index >= 15 is 0 Å². The minimum atomic E-state index is -0.0810. The van der Waals surface area contributed by atoms with Crippen molar-refractivity contribution in [2.45, 2.75) is 26.3 Å². The number of hydrogen-bond donors (Lipinski definition) is 1. The van der Waals surface area contributed by atoms with Gasteiger partial charge in [0, 0.05) is 25.2 Å². The fourth-order valence-electron chi connectivity index (χ4n) is 1.96. The van der Waals surface area contributed by atoms with Gasteiger partial charge in [-0.15, -0.1) is 0 Å². The van der Waals surface area contributed by atoms with Crippen LogP contribution in [0.15, 0.2) is 24.3 Å². The maximum Gasteiger partial charge on any atom is 0.226 e. The average molecular weight is 269 g/mol. The second-order valence-electron chi connectivity index (χ2n) is 4.51. The Morgan fingerprint density at radius 1 is 1.44 bits per heavy atom. The molecule has 0 radical (unpaired) electrons. The fraction of sp³-hybridized carbons (Fsp3) is 0.500. The lowest BCUT2D eigenvalue weighted by molar-refractivity contribution is -0.134. The summed E-state index contributed by atoms with van der Waals surface area (Å²) in [5, 5.41) is 0.692. The standard InChI is InChI=1S/C14H21ClN2O/c1-3-6-11(9-16)14(18)17(2)10-12-7-4-5-8-13(12)15/h4-5,7-8,11H,3,6,9-10,16H2,1-2H3. The molecule has 0 fully saturated rings. The van der Waals surface area contributed by atoms with Crippen LogP contribution in [0.5, 0.6) is 0 Å². The summed E-state index contributed by atoms with van der Waals surface area (Å²) in [5.41, 5.74) is 6.61. The van der Waals surface area contributed by atoms with Crippen LogP contribution in [-0.4, -0.2) is 24.4 Å². The zero-order valence-corrected chi connectivity index (χ0v) is 11.8. The first-order valence-corrected chi connectivity index (χ1v) is 6.66. The number of halogens is 1. The molecule has 2 N–H and O–H groups in total. The Labute approximate surface area is 114 Å². The van der Waals surface area contributed by atoms with Crippen LogP contribution in [0.2, 0.25) is 5.02 Å². The van der Waals surface area contributed by atoms with Crippen molar-refractivity contribution in [1.29, 1.82) is 0 Å². The third-order valence-electron chi connectivity index (χ3n) is 3.01. The van der Waals surface area contributed by atoms with Crippen LogP contribution in [0, 0.1) is 5.92 Å². The summed E-state index contributed by atoms with van der Waals surface area (Å²) in [6.07, 6.45) is 1.80. The van der Waals surface area contributed by atoms with Gasteiger partial charge in [0.15, 0.2) is 0 Å². The number of carbonyl (C=O) groups is 1. The van der Waals surface area contributed by atoms with Crippen LogP contribution in [0.4, 0.5) is 0 Å². The summed E-state index contributed by atoms with van der Waals surface area (Å²) >= 11 is 6.08. The number of benzene rings is 1. The molecule has 0 aliphatic carbocycles. The van der Waals surface area contributed by atoms with Crippen LogP contribution < -0.4 is 5.73 Å². The summed E-state index contributed by atoms with van der Waals surface area (Å²) in [5.74, 6) is 0.0155. The van der Waals surface area contributed by atoms with E-state index < -0.39 is 0 Å². The number of carbonyl (C=O) groups excluding carboxylic acids is 1. The Morgan fingerprint density at radius 2 is 2.11 bits per heavy atom. The minimum absolute atomic E-state index is 0.0810. The smallest absolute Gasteiger partial charge is 0.226 e. The van der Waals surface area contributed by atoms with Crippen molar-refractivity contribution in [2.24, 2.45) is 11.7 Å². The van der Waals surface area contributed by atoms with E-state index in [0.29, 0.717) is 18.1 Å². The molecule has 0 aliphatic heterocycles. The molecule has 1 aromatic rings. The molecule has 0 spiro atoms. The largest absolute Gasteiger partial charge is 0.341 e. The highest BCUT2D eigenvalue weighted by Crippen LogP contribution is 2.18. The lowest BCUT2D eigenvalue weighted by Crippen LogP contribution is -2.36. The van der Waals surface area contributed by atoms with Gasteiger partial charge < -0.3 is 10.6 Å². The van der Waals surface area contributed by atoms with Crippen molar-refractivity contribution in [2.75, 3.05) is 13.6 Å². The Balaban J connectivity index is 2.67. The van der Waals surface area contributed by atoms with Gasteiger partial charge in [0.05, 0.1) is 5.92 Å². The minimum Gasteiger partial charge on any atom is -0.341 e. The fourth-order valence-corrected chi connectivity index (χ4v) is 2.16. The van der Waals surface area contributed by atoms with Crippen LogP contribution in [0.1, 0.15) is 25.3 Å². The zero-order valence-electron chi connectivity index (χ0n) is 11.0. The molecule has 1 rings (SSSR count). The number of rotatable bonds is 6. The highest BCUT2D eigenvalue weighted by Gasteiger charge is 2.20. The van der Waals surface area contributed by atoms with Gasteiger partial charge in [-0.05, 0) is 18.1 Å². The summed E-state index contributed by atoms with van der Waals surface area (Å²) in [7, 11) is 1.80. The quantitative estimate of drug-likeness (QED) is 0.862. The van der Waals surface area contributed by atoms with E-state index in [1.54, 1.807) is 11.9 Å². The third kappa shape index (κ3) is 4.00. The average Bonchev–Trinajstić information content (AvgIpc) is 2.37. The molecule has 1 aromatic carbocycles. The molecule has 0 heterocycles. The number of nitrogens with zero attached hydrogens (tertiary/aromatic N) is 1. The normalized spacial score (nSPS) is 12.2. The second-order valence-corrected chi connectivity index (χ2v) is 4.91. The molecular weight excluding hydrogens is 248 g/mol. The lowest BCUT2D eigenvalue weighted by Gasteiger charge is -2.23. The topological polar surface area (TPSA) is 46.3 Å². The molecule has 100 valence electrons. The monoisotopic (exact) mass is 268 g/mol. The number of amides is 1. The Bertz CT molecular complexity index is 395. The van der Waals surface area contributed by atoms with Crippen LogP contribution >= 0.6 is 11.6 Å². The molecule has 1 amide bonds. The van der Waals surface area contributed by atoms with E-state index in [1.165, 1.54) is 0 Å². The molecule has 18 heavy (non-hydrogen) atoms. The Kier molecular flexibility index (Phi) is 6.16. The molecule has 0 saturated heterocycles. The lowest BCUT2D eigenvalue weighted by atomic mass is 10.0. The van der Waals surface area contributed by atoms with Gasteiger partial charge in [-0.25, -0.2) is 0 Å². The van der Waals surface area contributed by atoms with Crippen molar-refractivity contribution in [3.63, 3.8) is 0 Å². The maximum atomic E-state index is 12.2. The van der Waals surface area contributed by atoms with Crippen LogP contribution in [0.25, 0.3) is 0 Å². The first-order chi connectivity index (χ1) is 8.60.